The molecule has 1 aromatic rings. The van der Waals surface area contributed by atoms with Crippen molar-refractivity contribution in [1.82, 2.24) is 14.9 Å². The molecule has 6 heteroatoms. The van der Waals surface area contributed by atoms with Crippen molar-refractivity contribution in [3.05, 3.63) is 12.3 Å². The molecule has 146 valence electrons. The van der Waals surface area contributed by atoms with Gasteiger partial charge in [0.1, 0.15) is 6.10 Å². The second-order valence-corrected chi connectivity index (χ2v) is 9.21. The minimum Gasteiger partial charge on any atom is -0.472 e. The van der Waals surface area contributed by atoms with Gasteiger partial charge in [-0.1, -0.05) is 0 Å². The number of likely N-dealkylation sites (tertiary alicyclic amines) is 1. The lowest BCUT2D eigenvalue weighted by Gasteiger charge is -2.57. The zero-order valence-electron chi connectivity index (χ0n) is 16.1. The normalized spacial score (nSPS) is 37.3. The number of hydrogen-bond donors (Lipinski definition) is 0. The van der Waals surface area contributed by atoms with Crippen molar-refractivity contribution in [1.29, 1.82) is 0 Å². The fourth-order valence-electron chi connectivity index (χ4n) is 6.59. The van der Waals surface area contributed by atoms with Crippen LogP contribution in [0.5, 0.6) is 11.9 Å². The third-order valence-corrected chi connectivity index (χ3v) is 7.24. The Labute approximate surface area is 160 Å². The van der Waals surface area contributed by atoms with Gasteiger partial charge in [0.15, 0.2) is 0 Å². The minimum atomic E-state index is -0.0607. The lowest BCUT2D eigenvalue weighted by atomic mass is 9.49. The van der Waals surface area contributed by atoms with Crippen LogP contribution in [0.4, 0.5) is 0 Å². The van der Waals surface area contributed by atoms with E-state index in [1.165, 1.54) is 19.3 Å². The van der Waals surface area contributed by atoms with Gasteiger partial charge < -0.3 is 14.4 Å². The van der Waals surface area contributed by atoms with Crippen LogP contribution >= 0.6 is 0 Å². The Morgan fingerprint density at radius 3 is 2.56 bits per heavy atom. The number of piperidine rings is 1. The number of aromatic nitrogens is 2. The zero-order valence-corrected chi connectivity index (χ0v) is 16.1. The Kier molecular flexibility index (Phi) is 4.25. The molecule has 1 amide bonds. The predicted octanol–water partition coefficient (Wildman–Crippen LogP) is 3.07. The van der Waals surface area contributed by atoms with Crippen molar-refractivity contribution in [2.75, 3.05) is 20.2 Å². The van der Waals surface area contributed by atoms with Crippen molar-refractivity contribution in [3.8, 4) is 11.9 Å². The summed E-state index contributed by atoms with van der Waals surface area (Å²) in [7, 11) is 1.55. The summed E-state index contributed by atoms with van der Waals surface area (Å²) in [5.41, 5.74) is -0.0607. The number of ether oxygens (including phenoxy) is 2. The van der Waals surface area contributed by atoms with E-state index in [1.54, 1.807) is 19.4 Å². The van der Waals surface area contributed by atoms with E-state index >= 15 is 0 Å². The van der Waals surface area contributed by atoms with Gasteiger partial charge >= 0.3 is 6.01 Å². The molecule has 0 aromatic carbocycles. The Bertz CT molecular complexity index is 687. The number of hydrogen-bond acceptors (Lipinski definition) is 5. The molecule has 1 aromatic heterocycles. The molecule has 4 bridgehead atoms. The number of carbonyl (C=O) groups is 1. The second kappa shape index (κ2) is 6.64. The van der Waals surface area contributed by atoms with Gasteiger partial charge in [-0.2, -0.15) is 4.98 Å². The van der Waals surface area contributed by atoms with Crippen LogP contribution in [0, 0.1) is 23.2 Å². The van der Waals surface area contributed by atoms with Crippen LogP contribution < -0.4 is 9.47 Å². The van der Waals surface area contributed by atoms with E-state index in [2.05, 4.69) is 14.9 Å². The minimum absolute atomic E-state index is 0.00350. The molecule has 4 saturated carbocycles. The van der Waals surface area contributed by atoms with E-state index in [0.29, 0.717) is 24.3 Å². The SMILES string of the molecule is COc1nccc(OC2CCCN(C(=O)C34CC5CC(CC(C5)C3)C4)C2)n1. The van der Waals surface area contributed by atoms with Crippen molar-refractivity contribution >= 4 is 5.91 Å². The first-order valence-corrected chi connectivity index (χ1v) is 10.5. The van der Waals surface area contributed by atoms with E-state index in [0.717, 1.165) is 56.4 Å². The van der Waals surface area contributed by atoms with Crippen LogP contribution in [0.3, 0.4) is 0 Å². The van der Waals surface area contributed by atoms with Gasteiger partial charge in [-0.25, -0.2) is 4.98 Å². The van der Waals surface area contributed by atoms with Gasteiger partial charge in [-0.3, -0.25) is 4.79 Å². The Morgan fingerprint density at radius 1 is 1.19 bits per heavy atom. The standard InChI is InChI=1S/C21H29N3O3/c1-26-20-22-5-4-18(23-20)27-17-3-2-6-24(13-17)19(25)21-10-14-7-15(11-21)9-16(8-14)12-21/h4-5,14-17H,2-3,6-13H2,1H3. The highest BCUT2D eigenvalue weighted by Crippen LogP contribution is 2.60. The highest BCUT2D eigenvalue weighted by molar-refractivity contribution is 5.83. The fraction of sp³-hybridized carbons (Fsp3) is 0.762. The molecule has 1 aliphatic heterocycles. The molecule has 0 N–H and O–H groups in total. The van der Waals surface area contributed by atoms with Crippen LogP contribution in [0.1, 0.15) is 51.4 Å². The molecule has 1 saturated heterocycles. The van der Waals surface area contributed by atoms with Crippen LogP contribution in [-0.2, 0) is 4.79 Å². The summed E-state index contributed by atoms with van der Waals surface area (Å²) < 4.78 is 11.1. The van der Waals surface area contributed by atoms with Gasteiger partial charge in [0.2, 0.25) is 11.8 Å². The molecule has 1 atom stereocenters. The molecule has 5 fully saturated rings. The molecule has 0 radical (unpaired) electrons. The molecule has 0 spiro atoms. The Balaban J connectivity index is 1.27. The van der Waals surface area contributed by atoms with E-state index in [4.69, 9.17) is 9.47 Å². The summed E-state index contributed by atoms with van der Waals surface area (Å²) in [4.78, 5) is 23.9. The van der Waals surface area contributed by atoms with E-state index in [1.807, 2.05) is 0 Å². The maximum Gasteiger partial charge on any atom is 0.319 e. The fourth-order valence-corrected chi connectivity index (χ4v) is 6.59. The lowest BCUT2D eigenvalue weighted by molar-refractivity contribution is -0.160. The first-order valence-electron chi connectivity index (χ1n) is 10.5. The Hall–Kier alpha value is -1.85. The van der Waals surface area contributed by atoms with Crippen molar-refractivity contribution in [2.24, 2.45) is 23.2 Å². The van der Waals surface area contributed by atoms with E-state index < -0.39 is 0 Å². The van der Waals surface area contributed by atoms with Gasteiger partial charge in [-0.15, -0.1) is 0 Å². The Morgan fingerprint density at radius 2 is 1.89 bits per heavy atom. The van der Waals surface area contributed by atoms with E-state index in [9.17, 15) is 4.79 Å². The van der Waals surface area contributed by atoms with Crippen LogP contribution in [0.2, 0.25) is 0 Å². The third-order valence-electron chi connectivity index (χ3n) is 7.24. The summed E-state index contributed by atoms with van der Waals surface area (Å²) in [5, 5.41) is 0. The van der Waals surface area contributed by atoms with Crippen LogP contribution in [0.25, 0.3) is 0 Å². The number of carbonyl (C=O) groups excluding carboxylic acids is 1. The summed E-state index contributed by atoms with van der Waals surface area (Å²) in [6.45, 7) is 1.54. The second-order valence-electron chi connectivity index (χ2n) is 9.21. The van der Waals surface area contributed by atoms with Crippen LogP contribution in [-0.4, -0.2) is 47.1 Å². The highest BCUT2D eigenvalue weighted by atomic mass is 16.5. The molecule has 6 rings (SSSR count). The molecule has 6 nitrogen and oxygen atoms in total. The number of methoxy groups -OCH3 is 1. The summed E-state index contributed by atoms with van der Waals surface area (Å²) in [6, 6.07) is 2.06. The van der Waals surface area contributed by atoms with Crippen molar-refractivity contribution in [3.63, 3.8) is 0 Å². The largest absolute Gasteiger partial charge is 0.472 e. The smallest absolute Gasteiger partial charge is 0.319 e. The summed E-state index contributed by atoms with van der Waals surface area (Å²) in [6.07, 6.45) is 11.1. The first-order chi connectivity index (χ1) is 13.1. The number of amides is 1. The molecule has 4 aliphatic carbocycles. The average Bonchev–Trinajstić information content (AvgIpc) is 2.67. The van der Waals surface area contributed by atoms with Gasteiger partial charge in [0, 0.05) is 18.8 Å². The third kappa shape index (κ3) is 3.17. The number of rotatable bonds is 4. The molecule has 2 heterocycles. The topological polar surface area (TPSA) is 64.6 Å². The van der Waals surface area contributed by atoms with E-state index in [-0.39, 0.29) is 11.5 Å². The summed E-state index contributed by atoms with van der Waals surface area (Å²) in [5.74, 6) is 3.33. The number of nitrogens with zero attached hydrogens (tertiary/aromatic N) is 3. The molecule has 5 aliphatic rings. The first kappa shape index (κ1) is 17.3. The van der Waals surface area contributed by atoms with Crippen molar-refractivity contribution < 1.29 is 14.3 Å². The summed E-state index contributed by atoms with van der Waals surface area (Å²) >= 11 is 0. The zero-order chi connectivity index (χ0) is 18.4. The molecular weight excluding hydrogens is 342 g/mol. The maximum atomic E-state index is 13.6. The van der Waals surface area contributed by atoms with Crippen LogP contribution in [0.15, 0.2) is 12.3 Å². The van der Waals surface area contributed by atoms with Crippen molar-refractivity contribution in [2.45, 2.75) is 57.5 Å². The molecule has 1 unspecified atom stereocenters. The van der Waals surface area contributed by atoms with Gasteiger partial charge in [-0.05, 0) is 69.1 Å². The predicted molar refractivity (Wildman–Crippen MR) is 99.4 cm³/mol. The average molecular weight is 371 g/mol. The van der Waals surface area contributed by atoms with Gasteiger partial charge in [0.05, 0.1) is 19.1 Å². The molecular formula is C21H29N3O3. The monoisotopic (exact) mass is 371 g/mol. The van der Waals surface area contributed by atoms with Gasteiger partial charge in [0.25, 0.3) is 0 Å². The maximum absolute atomic E-state index is 13.6. The molecule has 27 heavy (non-hydrogen) atoms. The quantitative estimate of drug-likeness (QED) is 0.814. The lowest BCUT2D eigenvalue weighted by Crippen LogP contribution is -2.57. The highest BCUT2D eigenvalue weighted by Gasteiger charge is 2.55.